The summed E-state index contributed by atoms with van der Waals surface area (Å²) in [5, 5.41) is 3.37. The molecule has 1 saturated heterocycles. The Morgan fingerprint density at radius 1 is 1.20 bits per heavy atom. The van der Waals surface area contributed by atoms with Gasteiger partial charge >= 0.3 is 0 Å². The number of rotatable bonds is 3. The van der Waals surface area contributed by atoms with Gasteiger partial charge in [0.15, 0.2) is 0 Å². The van der Waals surface area contributed by atoms with Crippen molar-refractivity contribution in [3.8, 4) is 0 Å². The SMILES string of the molecule is CCc1ccc(C2CNCCN2C(=O)c2ccc(=O)n(C)c2)cc1.Cl. The van der Waals surface area contributed by atoms with Crippen LogP contribution in [0, 0.1) is 0 Å². The lowest BCUT2D eigenvalue weighted by Gasteiger charge is -2.36. The van der Waals surface area contributed by atoms with E-state index in [1.54, 1.807) is 19.3 Å². The van der Waals surface area contributed by atoms with Gasteiger partial charge in [-0.25, -0.2) is 0 Å². The molecule has 0 bridgehead atoms. The van der Waals surface area contributed by atoms with E-state index in [0.717, 1.165) is 25.1 Å². The van der Waals surface area contributed by atoms with Crippen molar-refractivity contribution in [3.05, 3.63) is 69.6 Å². The van der Waals surface area contributed by atoms with E-state index in [4.69, 9.17) is 0 Å². The second-order valence-electron chi connectivity index (χ2n) is 6.18. The van der Waals surface area contributed by atoms with Crippen molar-refractivity contribution in [3.63, 3.8) is 0 Å². The summed E-state index contributed by atoms with van der Waals surface area (Å²) in [6.07, 6.45) is 2.62. The van der Waals surface area contributed by atoms with E-state index in [0.29, 0.717) is 12.1 Å². The van der Waals surface area contributed by atoms with Crippen molar-refractivity contribution in [2.24, 2.45) is 7.05 Å². The van der Waals surface area contributed by atoms with Gasteiger partial charge in [-0.05, 0) is 23.6 Å². The van der Waals surface area contributed by atoms with Crippen LogP contribution in [0.4, 0.5) is 0 Å². The molecule has 2 heterocycles. The number of benzene rings is 1. The van der Waals surface area contributed by atoms with Crippen molar-refractivity contribution in [1.29, 1.82) is 0 Å². The van der Waals surface area contributed by atoms with Gasteiger partial charge in [-0.2, -0.15) is 0 Å². The molecule has 0 radical (unpaired) electrons. The van der Waals surface area contributed by atoms with Crippen LogP contribution in [0.5, 0.6) is 0 Å². The van der Waals surface area contributed by atoms with Gasteiger partial charge in [-0.15, -0.1) is 12.4 Å². The topological polar surface area (TPSA) is 54.3 Å². The summed E-state index contributed by atoms with van der Waals surface area (Å²) in [5.74, 6) is -0.0309. The second-order valence-corrected chi connectivity index (χ2v) is 6.18. The van der Waals surface area contributed by atoms with Gasteiger partial charge in [0.1, 0.15) is 0 Å². The first-order chi connectivity index (χ1) is 11.6. The van der Waals surface area contributed by atoms with Crippen LogP contribution in [0.1, 0.15) is 34.5 Å². The number of hydrogen-bond acceptors (Lipinski definition) is 3. The summed E-state index contributed by atoms with van der Waals surface area (Å²) in [6.45, 7) is 4.30. The van der Waals surface area contributed by atoms with Crippen LogP contribution >= 0.6 is 12.4 Å². The van der Waals surface area contributed by atoms with Crippen LogP contribution in [0.25, 0.3) is 0 Å². The third kappa shape index (κ3) is 4.11. The molecule has 1 aliphatic rings. The lowest BCUT2D eigenvalue weighted by Crippen LogP contribution is -2.48. The Hall–Kier alpha value is -2.11. The van der Waals surface area contributed by atoms with Crippen molar-refractivity contribution < 1.29 is 4.79 Å². The quantitative estimate of drug-likeness (QED) is 0.911. The van der Waals surface area contributed by atoms with E-state index >= 15 is 0 Å². The maximum absolute atomic E-state index is 13.0. The fraction of sp³-hybridized carbons (Fsp3) is 0.368. The molecular weight excluding hydrogens is 338 g/mol. The molecule has 1 aromatic heterocycles. The summed E-state index contributed by atoms with van der Waals surface area (Å²) in [7, 11) is 1.66. The summed E-state index contributed by atoms with van der Waals surface area (Å²) in [5.41, 5.74) is 2.86. The minimum atomic E-state index is -0.112. The Balaban J connectivity index is 0.00000225. The van der Waals surface area contributed by atoms with Crippen LogP contribution in [0.15, 0.2) is 47.4 Å². The Morgan fingerprint density at radius 3 is 2.56 bits per heavy atom. The normalized spacial score (nSPS) is 17.0. The van der Waals surface area contributed by atoms with E-state index in [9.17, 15) is 9.59 Å². The minimum absolute atomic E-state index is 0. The molecule has 2 aromatic rings. The average Bonchev–Trinajstić information content (AvgIpc) is 2.63. The Kier molecular flexibility index (Phi) is 6.39. The number of hydrogen-bond donors (Lipinski definition) is 1. The van der Waals surface area contributed by atoms with Crippen LogP contribution < -0.4 is 10.9 Å². The van der Waals surface area contributed by atoms with Gasteiger partial charge in [0, 0.05) is 38.9 Å². The molecule has 0 saturated carbocycles. The van der Waals surface area contributed by atoms with E-state index in [-0.39, 0.29) is 29.9 Å². The third-order valence-corrected chi connectivity index (χ3v) is 4.61. The van der Waals surface area contributed by atoms with Gasteiger partial charge in [0.2, 0.25) is 5.56 Å². The minimum Gasteiger partial charge on any atom is -0.329 e. The molecule has 1 aliphatic heterocycles. The number of aromatic nitrogens is 1. The molecule has 1 atom stereocenters. The molecule has 1 fully saturated rings. The maximum atomic E-state index is 13.0. The highest BCUT2D eigenvalue weighted by molar-refractivity contribution is 5.94. The number of amides is 1. The molecule has 0 aliphatic carbocycles. The summed E-state index contributed by atoms with van der Waals surface area (Å²) < 4.78 is 1.44. The molecule has 134 valence electrons. The predicted octanol–water partition coefficient (Wildman–Crippen LogP) is 2.16. The van der Waals surface area contributed by atoms with Crippen LogP contribution in [-0.4, -0.2) is 35.0 Å². The van der Waals surface area contributed by atoms with Crippen molar-refractivity contribution >= 4 is 18.3 Å². The first-order valence-electron chi connectivity index (χ1n) is 8.37. The van der Waals surface area contributed by atoms with Gasteiger partial charge in [0.05, 0.1) is 11.6 Å². The number of halogens is 1. The lowest BCUT2D eigenvalue weighted by atomic mass is 10.00. The van der Waals surface area contributed by atoms with Gasteiger partial charge < -0.3 is 14.8 Å². The maximum Gasteiger partial charge on any atom is 0.255 e. The van der Waals surface area contributed by atoms with Gasteiger partial charge in [-0.1, -0.05) is 31.2 Å². The van der Waals surface area contributed by atoms with E-state index in [2.05, 4.69) is 36.5 Å². The van der Waals surface area contributed by atoms with Gasteiger partial charge in [-0.3, -0.25) is 9.59 Å². The van der Waals surface area contributed by atoms with Crippen LogP contribution in [-0.2, 0) is 13.5 Å². The van der Waals surface area contributed by atoms with E-state index < -0.39 is 0 Å². The number of carbonyl (C=O) groups excluding carboxylic acids is 1. The standard InChI is InChI=1S/C19H23N3O2.ClH/c1-3-14-4-6-15(7-5-14)17-12-20-10-11-22(17)19(24)16-8-9-18(23)21(2)13-16;/h4-9,13,17,20H,3,10-12H2,1-2H3;1H. The average molecular weight is 362 g/mol. The number of pyridine rings is 1. The Bertz CT molecular complexity index is 786. The summed E-state index contributed by atoms with van der Waals surface area (Å²) in [4.78, 5) is 26.4. The molecule has 0 spiro atoms. The molecule has 1 N–H and O–H groups in total. The zero-order valence-corrected chi connectivity index (χ0v) is 15.4. The fourth-order valence-electron chi connectivity index (χ4n) is 3.11. The number of carbonyl (C=O) groups is 1. The van der Waals surface area contributed by atoms with E-state index in [1.807, 2.05) is 4.90 Å². The highest BCUT2D eigenvalue weighted by Gasteiger charge is 2.28. The monoisotopic (exact) mass is 361 g/mol. The highest BCUT2D eigenvalue weighted by Crippen LogP contribution is 2.24. The van der Waals surface area contributed by atoms with Crippen molar-refractivity contribution in [2.45, 2.75) is 19.4 Å². The zero-order chi connectivity index (χ0) is 17.1. The first-order valence-corrected chi connectivity index (χ1v) is 8.37. The molecule has 5 nitrogen and oxygen atoms in total. The molecule has 1 unspecified atom stereocenters. The Morgan fingerprint density at radius 2 is 1.92 bits per heavy atom. The lowest BCUT2D eigenvalue weighted by molar-refractivity contribution is 0.0633. The fourth-order valence-corrected chi connectivity index (χ4v) is 3.11. The predicted molar refractivity (Wildman–Crippen MR) is 101 cm³/mol. The van der Waals surface area contributed by atoms with Crippen LogP contribution in [0.2, 0.25) is 0 Å². The molecule has 6 heteroatoms. The van der Waals surface area contributed by atoms with E-state index in [1.165, 1.54) is 16.2 Å². The largest absolute Gasteiger partial charge is 0.329 e. The number of nitrogens with zero attached hydrogens (tertiary/aromatic N) is 2. The second kappa shape index (κ2) is 8.32. The summed E-state index contributed by atoms with van der Waals surface area (Å²) >= 11 is 0. The zero-order valence-electron chi connectivity index (χ0n) is 14.6. The van der Waals surface area contributed by atoms with Crippen LogP contribution in [0.3, 0.4) is 0 Å². The molecule has 1 amide bonds. The number of aryl methyl sites for hydroxylation is 2. The first kappa shape index (κ1) is 19.2. The molecule has 1 aromatic carbocycles. The molecule has 25 heavy (non-hydrogen) atoms. The summed E-state index contributed by atoms with van der Waals surface area (Å²) in [6, 6.07) is 11.5. The smallest absolute Gasteiger partial charge is 0.255 e. The molecule has 3 rings (SSSR count). The molecular formula is C19H24ClN3O2. The van der Waals surface area contributed by atoms with Crippen molar-refractivity contribution in [2.75, 3.05) is 19.6 Å². The highest BCUT2D eigenvalue weighted by atomic mass is 35.5. The number of piperazine rings is 1. The van der Waals surface area contributed by atoms with Gasteiger partial charge in [0.25, 0.3) is 5.91 Å². The third-order valence-electron chi connectivity index (χ3n) is 4.61. The van der Waals surface area contributed by atoms with Crippen molar-refractivity contribution in [1.82, 2.24) is 14.8 Å². The number of nitrogens with one attached hydrogen (secondary N) is 1. The Labute approximate surface area is 154 Å².